The number of rotatable bonds is 5. The van der Waals surface area contributed by atoms with Crippen LogP contribution in [0, 0.1) is 5.82 Å². The number of hydrogen-bond acceptors (Lipinski definition) is 3. The van der Waals surface area contributed by atoms with Gasteiger partial charge in [0.2, 0.25) is 0 Å². The lowest BCUT2D eigenvalue weighted by atomic mass is 10.1. The van der Waals surface area contributed by atoms with Crippen molar-refractivity contribution in [3.05, 3.63) is 127 Å². The van der Waals surface area contributed by atoms with Crippen LogP contribution in [0.25, 0.3) is 52.7 Å². The molecular formula is C32H21FN2S2. The van der Waals surface area contributed by atoms with Crippen LogP contribution in [0.1, 0.15) is 5.56 Å². The third kappa shape index (κ3) is 4.06. The fraction of sp³-hybridized carbons (Fsp3) is 0.0312. The van der Waals surface area contributed by atoms with Crippen LogP contribution >= 0.6 is 22.7 Å². The van der Waals surface area contributed by atoms with Gasteiger partial charge in [0.05, 0.1) is 15.4 Å². The number of hydrogen-bond donors (Lipinski definition) is 0. The van der Waals surface area contributed by atoms with Gasteiger partial charge in [-0.1, -0.05) is 66.7 Å². The minimum absolute atomic E-state index is 0.251. The summed E-state index contributed by atoms with van der Waals surface area (Å²) >= 11 is 3.55. The average molecular weight is 517 g/mol. The second kappa shape index (κ2) is 9.11. The Bertz CT molecular complexity index is 1790. The van der Waals surface area contributed by atoms with E-state index in [4.69, 9.17) is 4.98 Å². The minimum atomic E-state index is -0.251. The van der Waals surface area contributed by atoms with E-state index in [0.29, 0.717) is 6.54 Å². The summed E-state index contributed by atoms with van der Waals surface area (Å²) in [6.07, 6.45) is 0. The van der Waals surface area contributed by atoms with Gasteiger partial charge in [0, 0.05) is 21.5 Å². The zero-order chi connectivity index (χ0) is 24.8. The van der Waals surface area contributed by atoms with Crippen LogP contribution in [0.4, 0.5) is 4.39 Å². The number of thiophene rings is 2. The van der Waals surface area contributed by atoms with Crippen molar-refractivity contribution in [1.29, 1.82) is 0 Å². The van der Waals surface area contributed by atoms with Crippen LogP contribution in [0.15, 0.2) is 115 Å². The first-order chi connectivity index (χ1) is 18.2. The lowest BCUT2D eigenvalue weighted by molar-refractivity contribution is 0.628. The number of aromatic nitrogens is 2. The van der Waals surface area contributed by atoms with Crippen molar-refractivity contribution in [2.75, 3.05) is 0 Å². The summed E-state index contributed by atoms with van der Waals surface area (Å²) in [5.74, 6) is 0.586. The predicted octanol–water partition coefficient (Wildman–Crippen LogP) is 9.50. The predicted molar refractivity (Wildman–Crippen MR) is 155 cm³/mol. The molecule has 2 nitrogen and oxygen atoms in total. The number of halogens is 1. The Balaban J connectivity index is 1.53. The van der Waals surface area contributed by atoms with Crippen molar-refractivity contribution in [1.82, 2.24) is 9.55 Å². The van der Waals surface area contributed by atoms with Crippen LogP contribution in [0.3, 0.4) is 0 Å². The van der Waals surface area contributed by atoms with Crippen LogP contribution in [0.2, 0.25) is 0 Å². The summed E-state index contributed by atoms with van der Waals surface area (Å²) in [6.45, 7) is 0.662. The number of fused-ring (bicyclic) bond motifs is 2. The highest BCUT2D eigenvalue weighted by molar-refractivity contribution is 7.23. The Hall–Kier alpha value is -4.06. The van der Waals surface area contributed by atoms with E-state index in [-0.39, 0.29) is 5.82 Å². The zero-order valence-corrected chi connectivity index (χ0v) is 21.4. The van der Waals surface area contributed by atoms with E-state index in [1.54, 1.807) is 22.7 Å². The molecule has 0 unspecified atom stereocenters. The molecule has 0 saturated heterocycles. The molecule has 3 heterocycles. The number of nitrogens with zero attached hydrogens (tertiary/aromatic N) is 2. The molecule has 0 bridgehead atoms. The summed E-state index contributed by atoms with van der Waals surface area (Å²) in [5, 5.41) is 2.44. The first-order valence-electron chi connectivity index (χ1n) is 12.1. The van der Waals surface area contributed by atoms with E-state index in [0.717, 1.165) is 27.7 Å². The van der Waals surface area contributed by atoms with Crippen molar-refractivity contribution in [3.63, 3.8) is 0 Å². The van der Waals surface area contributed by atoms with Gasteiger partial charge in [-0.3, -0.25) is 0 Å². The van der Waals surface area contributed by atoms with Crippen LogP contribution in [-0.2, 0) is 6.54 Å². The summed E-state index contributed by atoms with van der Waals surface area (Å²) in [5.41, 5.74) is 4.14. The second-order valence-electron chi connectivity index (χ2n) is 9.01. The van der Waals surface area contributed by atoms with Crippen molar-refractivity contribution < 1.29 is 4.39 Å². The molecule has 0 atom stereocenters. The Morgan fingerprint density at radius 3 is 1.92 bits per heavy atom. The van der Waals surface area contributed by atoms with Crippen molar-refractivity contribution >= 4 is 42.8 Å². The Kier molecular flexibility index (Phi) is 5.46. The van der Waals surface area contributed by atoms with E-state index in [1.165, 1.54) is 42.7 Å². The Morgan fingerprint density at radius 1 is 0.649 bits per heavy atom. The Morgan fingerprint density at radius 2 is 1.24 bits per heavy atom. The molecule has 7 aromatic rings. The molecule has 7 rings (SSSR count). The molecule has 0 N–H and O–H groups in total. The molecule has 0 aliphatic carbocycles. The maximum absolute atomic E-state index is 13.9. The molecule has 0 radical (unpaired) electrons. The van der Waals surface area contributed by atoms with Crippen molar-refractivity contribution in [2.45, 2.75) is 6.54 Å². The van der Waals surface area contributed by atoms with Gasteiger partial charge >= 0.3 is 0 Å². The van der Waals surface area contributed by atoms with Gasteiger partial charge in [-0.2, -0.15) is 0 Å². The number of benzene rings is 4. The van der Waals surface area contributed by atoms with Gasteiger partial charge in [0.1, 0.15) is 17.3 Å². The highest BCUT2D eigenvalue weighted by Gasteiger charge is 2.24. The molecule has 0 saturated carbocycles. The quantitative estimate of drug-likeness (QED) is 0.223. The second-order valence-corrected chi connectivity index (χ2v) is 11.2. The molecule has 0 aliphatic heterocycles. The van der Waals surface area contributed by atoms with Gasteiger partial charge in [0.25, 0.3) is 0 Å². The van der Waals surface area contributed by atoms with Gasteiger partial charge in [-0.05, 0) is 64.9 Å². The van der Waals surface area contributed by atoms with E-state index in [2.05, 4.69) is 89.5 Å². The topological polar surface area (TPSA) is 17.8 Å². The molecule has 0 amide bonds. The SMILES string of the molecule is Fc1ccc(-c2nc(-c3cc4ccccc4s3)c(-c3cc4ccccc4s3)n2Cc2ccccc2)cc1. The van der Waals surface area contributed by atoms with E-state index in [9.17, 15) is 4.39 Å². The molecule has 4 aromatic carbocycles. The van der Waals surface area contributed by atoms with Crippen LogP contribution in [0.5, 0.6) is 0 Å². The summed E-state index contributed by atoms with van der Waals surface area (Å²) in [4.78, 5) is 7.58. The minimum Gasteiger partial charge on any atom is -0.318 e. The van der Waals surface area contributed by atoms with E-state index >= 15 is 0 Å². The third-order valence-electron chi connectivity index (χ3n) is 6.57. The molecule has 0 fully saturated rings. The lowest BCUT2D eigenvalue weighted by Gasteiger charge is -2.12. The normalized spacial score (nSPS) is 11.5. The highest BCUT2D eigenvalue weighted by Crippen LogP contribution is 2.44. The van der Waals surface area contributed by atoms with Gasteiger partial charge < -0.3 is 4.57 Å². The molecule has 3 aromatic heterocycles. The van der Waals surface area contributed by atoms with Gasteiger partial charge in [-0.15, -0.1) is 22.7 Å². The standard InChI is InChI=1S/C32H21FN2S2/c33-25-16-14-22(15-17-25)32-34-30(28-18-23-10-4-6-12-26(23)36-28)31(35(32)20-21-8-2-1-3-9-21)29-19-24-11-5-7-13-27(24)37-29/h1-19H,20H2. The van der Waals surface area contributed by atoms with Crippen molar-refractivity contribution in [3.8, 4) is 32.5 Å². The zero-order valence-electron chi connectivity index (χ0n) is 19.8. The monoisotopic (exact) mass is 516 g/mol. The molecule has 37 heavy (non-hydrogen) atoms. The molecular weight excluding hydrogens is 495 g/mol. The summed E-state index contributed by atoms with van der Waals surface area (Å²) in [7, 11) is 0. The number of imidazole rings is 1. The average Bonchev–Trinajstić information content (AvgIpc) is 3.64. The van der Waals surface area contributed by atoms with Crippen LogP contribution in [-0.4, -0.2) is 9.55 Å². The Labute approximate surface area is 221 Å². The largest absolute Gasteiger partial charge is 0.318 e. The van der Waals surface area contributed by atoms with E-state index in [1.807, 2.05) is 18.2 Å². The first kappa shape index (κ1) is 22.2. The van der Waals surface area contributed by atoms with Gasteiger partial charge in [0.15, 0.2) is 0 Å². The first-order valence-corrected chi connectivity index (χ1v) is 13.7. The van der Waals surface area contributed by atoms with E-state index < -0.39 is 0 Å². The maximum Gasteiger partial charge on any atom is 0.141 e. The lowest BCUT2D eigenvalue weighted by Crippen LogP contribution is -2.04. The summed E-state index contributed by atoms with van der Waals surface area (Å²) in [6, 6.07) is 38.6. The third-order valence-corrected chi connectivity index (χ3v) is 8.82. The highest BCUT2D eigenvalue weighted by atomic mass is 32.1. The molecule has 0 spiro atoms. The fourth-order valence-electron chi connectivity index (χ4n) is 4.81. The summed E-state index contributed by atoms with van der Waals surface area (Å²) < 4.78 is 18.7. The maximum atomic E-state index is 13.9. The van der Waals surface area contributed by atoms with Gasteiger partial charge in [-0.25, -0.2) is 9.37 Å². The molecule has 178 valence electrons. The fourth-order valence-corrected chi connectivity index (χ4v) is 6.98. The molecule has 5 heteroatoms. The van der Waals surface area contributed by atoms with Crippen molar-refractivity contribution in [2.24, 2.45) is 0 Å². The van der Waals surface area contributed by atoms with Crippen LogP contribution < -0.4 is 0 Å². The smallest absolute Gasteiger partial charge is 0.141 e. The molecule has 0 aliphatic rings.